The Morgan fingerprint density at radius 3 is 2.42 bits per heavy atom. The quantitative estimate of drug-likeness (QED) is 0.561. The zero-order valence-electron chi connectivity index (χ0n) is 21.7. The number of aromatic nitrogens is 3. The summed E-state index contributed by atoms with van der Waals surface area (Å²) in [7, 11) is 0. The van der Waals surface area contributed by atoms with Gasteiger partial charge in [-0.25, -0.2) is 20.4 Å². The highest BCUT2D eigenvalue weighted by molar-refractivity contribution is 5.47. The van der Waals surface area contributed by atoms with Gasteiger partial charge in [0.15, 0.2) is 0 Å². The van der Waals surface area contributed by atoms with Crippen molar-refractivity contribution in [1.82, 2.24) is 25.8 Å². The highest BCUT2D eigenvalue weighted by Gasteiger charge is 2.46. The Hall–Kier alpha value is -2.33. The molecule has 9 nitrogen and oxygen atoms in total. The molecule has 4 unspecified atom stereocenters. The largest absolute Gasteiger partial charge is 0.386 e. The Balaban J connectivity index is 1.11. The number of nitrogens with one attached hydrogen (secondary N) is 2. The van der Waals surface area contributed by atoms with Crippen molar-refractivity contribution in [2.45, 2.75) is 82.3 Å². The first-order chi connectivity index (χ1) is 17.3. The lowest BCUT2D eigenvalue weighted by molar-refractivity contribution is -0.0500. The smallest absolute Gasteiger partial charge is 0.132 e. The van der Waals surface area contributed by atoms with E-state index >= 15 is 0 Å². The minimum Gasteiger partial charge on any atom is -0.386 e. The summed E-state index contributed by atoms with van der Waals surface area (Å²) >= 11 is 0. The maximum absolute atomic E-state index is 10.4. The predicted molar refractivity (Wildman–Crippen MR) is 139 cm³/mol. The zero-order valence-corrected chi connectivity index (χ0v) is 21.7. The van der Waals surface area contributed by atoms with Gasteiger partial charge < -0.3 is 19.6 Å². The van der Waals surface area contributed by atoms with Gasteiger partial charge in [0.2, 0.25) is 0 Å². The molecule has 194 valence electrons. The molecule has 6 rings (SSSR count). The fourth-order valence-corrected chi connectivity index (χ4v) is 5.95. The van der Waals surface area contributed by atoms with Crippen LogP contribution in [0.25, 0.3) is 0 Å². The van der Waals surface area contributed by atoms with Gasteiger partial charge in [0.25, 0.3) is 0 Å². The summed E-state index contributed by atoms with van der Waals surface area (Å²) in [5.74, 6) is 2.37. The second kappa shape index (κ2) is 9.20. The third-order valence-corrected chi connectivity index (χ3v) is 8.48. The van der Waals surface area contributed by atoms with Gasteiger partial charge in [0.1, 0.15) is 18.0 Å². The average molecular weight is 494 g/mol. The van der Waals surface area contributed by atoms with Crippen LogP contribution in [0, 0.1) is 5.92 Å². The molecule has 0 spiro atoms. The number of hydrazine groups is 1. The van der Waals surface area contributed by atoms with E-state index in [4.69, 9.17) is 4.74 Å². The van der Waals surface area contributed by atoms with Gasteiger partial charge in [0.05, 0.1) is 29.0 Å². The van der Waals surface area contributed by atoms with Crippen LogP contribution in [0.1, 0.15) is 70.2 Å². The number of rotatable bonds is 6. The van der Waals surface area contributed by atoms with E-state index in [1.807, 2.05) is 26.0 Å². The van der Waals surface area contributed by atoms with Crippen LogP contribution in [0.5, 0.6) is 0 Å². The summed E-state index contributed by atoms with van der Waals surface area (Å²) in [6.45, 7) is 9.30. The Morgan fingerprint density at radius 2 is 1.72 bits per heavy atom. The number of hydrogen-bond donors (Lipinski definition) is 3. The standard InChI is InChI=1S/C27H39N7O2/c1-26(2,35)18-6-9-28-23(14-18)33-10-12-34(13-11-33)24-16-22(29-17-30-24)25-20-15-19(36-27(3)7-8-27)4-5-21(20)31-32-25/h6,9,14,16-17,19-21,25,31-32,35H,4-5,7-8,10-13,15H2,1-3H3. The second-order valence-electron chi connectivity index (χ2n) is 11.8. The number of fused-ring (bicyclic) bond motifs is 1. The van der Waals surface area contributed by atoms with Crippen LogP contribution in [0.15, 0.2) is 30.7 Å². The summed E-state index contributed by atoms with van der Waals surface area (Å²) in [6, 6.07) is 6.68. The number of anilines is 2. The number of piperazine rings is 1. The third kappa shape index (κ3) is 4.94. The lowest BCUT2D eigenvalue weighted by Gasteiger charge is -2.37. The van der Waals surface area contributed by atoms with Crippen LogP contribution in [-0.4, -0.2) is 64.0 Å². The number of pyridine rings is 1. The highest BCUT2D eigenvalue weighted by atomic mass is 16.5. The minimum atomic E-state index is -0.876. The SMILES string of the molecule is CC1(OC2CCC3NNC(c4cc(N5CCN(c6cc(C(C)(C)O)ccn6)CC5)ncn4)C3C2)CC1. The molecule has 4 fully saturated rings. The molecule has 3 N–H and O–H groups in total. The van der Waals surface area contributed by atoms with Crippen molar-refractivity contribution in [3.05, 3.63) is 42.0 Å². The van der Waals surface area contributed by atoms with E-state index in [1.165, 1.54) is 12.8 Å². The Bertz CT molecular complexity index is 1080. The van der Waals surface area contributed by atoms with Gasteiger partial charge in [-0.3, -0.25) is 5.43 Å². The maximum atomic E-state index is 10.4. The van der Waals surface area contributed by atoms with Crippen molar-refractivity contribution >= 4 is 11.6 Å². The van der Waals surface area contributed by atoms with E-state index in [9.17, 15) is 5.11 Å². The Kier molecular flexibility index (Phi) is 6.14. The molecule has 4 heterocycles. The summed E-state index contributed by atoms with van der Waals surface area (Å²) in [6.07, 6.45) is 9.57. The molecule has 36 heavy (non-hydrogen) atoms. The summed E-state index contributed by atoms with van der Waals surface area (Å²) in [5, 5.41) is 10.4. The van der Waals surface area contributed by atoms with Gasteiger partial charge in [-0.15, -0.1) is 0 Å². The fourth-order valence-electron chi connectivity index (χ4n) is 5.95. The first-order valence-electron chi connectivity index (χ1n) is 13.5. The van der Waals surface area contributed by atoms with Gasteiger partial charge in [-0.2, -0.15) is 0 Å². The molecule has 4 atom stereocenters. The average Bonchev–Trinajstić information content (AvgIpc) is 3.45. The molecule has 2 aliphatic heterocycles. The highest BCUT2D eigenvalue weighted by Crippen LogP contribution is 2.45. The van der Waals surface area contributed by atoms with Crippen LogP contribution in [-0.2, 0) is 10.3 Å². The number of hydrogen-bond acceptors (Lipinski definition) is 9. The van der Waals surface area contributed by atoms with Crippen LogP contribution in [0.4, 0.5) is 11.6 Å². The molecule has 0 bridgehead atoms. The van der Waals surface area contributed by atoms with Crippen molar-refractivity contribution in [3.8, 4) is 0 Å². The van der Waals surface area contributed by atoms with E-state index in [2.05, 4.69) is 48.6 Å². The van der Waals surface area contributed by atoms with Gasteiger partial charge in [0, 0.05) is 50.4 Å². The van der Waals surface area contributed by atoms with E-state index in [0.717, 1.165) is 68.3 Å². The van der Waals surface area contributed by atoms with Crippen LogP contribution in [0.2, 0.25) is 0 Å². The van der Waals surface area contributed by atoms with E-state index in [0.29, 0.717) is 18.1 Å². The van der Waals surface area contributed by atoms with Crippen LogP contribution < -0.4 is 20.7 Å². The molecule has 0 aromatic carbocycles. The summed E-state index contributed by atoms with van der Waals surface area (Å²) in [4.78, 5) is 18.5. The first-order valence-corrected chi connectivity index (χ1v) is 13.5. The molecule has 0 radical (unpaired) electrons. The molecule has 4 aliphatic rings. The molecule has 2 aliphatic carbocycles. The van der Waals surface area contributed by atoms with E-state index < -0.39 is 5.60 Å². The summed E-state index contributed by atoms with van der Waals surface area (Å²) < 4.78 is 6.45. The summed E-state index contributed by atoms with van der Waals surface area (Å²) in [5.41, 5.74) is 8.26. The lowest BCUT2D eigenvalue weighted by Crippen LogP contribution is -2.47. The van der Waals surface area contributed by atoms with Crippen LogP contribution >= 0.6 is 0 Å². The van der Waals surface area contributed by atoms with Crippen molar-refractivity contribution in [2.24, 2.45) is 5.92 Å². The van der Waals surface area contributed by atoms with Gasteiger partial charge in [-0.05, 0) is 70.6 Å². The molecule has 2 aromatic heterocycles. The normalized spacial score (nSPS) is 29.8. The van der Waals surface area contributed by atoms with Crippen molar-refractivity contribution in [1.29, 1.82) is 0 Å². The van der Waals surface area contributed by atoms with E-state index in [1.54, 1.807) is 12.5 Å². The molecular weight excluding hydrogens is 454 g/mol. The molecule has 9 heteroatoms. The number of aliphatic hydroxyl groups is 1. The fraction of sp³-hybridized carbons (Fsp3) is 0.667. The first kappa shape index (κ1) is 24.0. The lowest BCUT2D eigenvalue weighted by atomic mass is 9.79. The minimum absolute atomic E-state index is 0.127. The van der Waals surface area contributed by atoms with Gasteiger partial charge in [-0.1, -0.05) is 0 Å². The molecule has 2 aromatic rings. The topological polar surface area (TPSA) is 98.7 Å². The number of ether oxygens (including phenoxy) is 1. The molecule has 2 saturated carbocycles. The third-order valence-electron chi connectivity index (χ3n) is 8.48. The predicted octanol–water partition coefficient (Wildman–Crippen LogP) is 2.68. The Labute approximate surface area is 213 Å². The van der Waals surface area contributed by atoms with Crippen molar-refractivity contribution < 1.29 is 9.84 Å². The van der Waals surface area contributed by atoms with Gasteiger partial charge >= 0.3 is 0 Å². The van der Waals surface area contributed by atoms with Crippen LogP contribution in [0.3, 0.4) is 0 Å². The molecule has 0 amide bonds. The van der Waals surface area contributed by atoms with Crippen molar-refractivity contribution in [3.63, 3.8) is 0 Å². The van der Waals surface area contributed by atoms with E-state index in [-0.39, 0.29) is 11.6 Å². The molecular formula is C27H39N7O2. The van der Waals surface area contributed by atoms with Crippen molar-refractivity contribution in [2.75, 3.05) is 36.0 Å². The maximum Gasteiger partial charge on any atom is 0.132 e. The molecule has 2 saturated heterocycles. The zero-order chi connectivity index (χ0) is 24.9. The Morgan fingerprint density at radius 1 is 1.00 bits per heavy atom. The number of nitrogens with zero attached hydrogens (tertiary/aromatic N) is 5. The second-order valence-corrected chi connectivity index (χ2v) is 11.8. The monoisotopic (exact) mass is 493 g/mol.